The Hall–Kier alpha value is -1.56. The van der Waals surface area contributed by atoms with Crippen molar-refractivity contribution in [3.05, 3.63) is 64.1 Å². The maximum absolute atomic E-state index is 11.9. The van der Waals surface area contributed by atoms with Gasteiger partial charge < -0.3 is 0 Å². The van der Waals surface area contributed by atoms with Gasteiger partial charge in [0.05, 0.1) is 21.2 Å². The van der Waals surface area contributed by atoms with E-state index in [9.17, 15) is 8.42 Å². The van der Waals surface area contributed by atoms with Crippen LogP contribution in [0.4, 0.5) is 0 Å². The van der Waals surface area contributed by atoms with Gasteiger partial charge in [-0.3, -0.25) is 0 Å². The number of halogens is 2. The molecule has 0 atom stereocenters. The van der Waals surface area contributed by atoms with E-state index in [0.717, 1.165) is 0 Å². The molecular weight excluding hydrogens is 319 g/mol. The smallest absolute Gasteiger partial charge is 0.200 e. The van der Waals surface area contributed by atoms with E-state index in [1.807, 2.05) is 0 Å². The molecule has 104 valence electrons. The van der Waals surface area contributed by atoms with Crippen LogP contribution < -0.4 is 4.83 Å². The van der Waals surface area contributed by atoms with Crippen LogP contribution in [0.15, 0.2) is 58.5 Å². The molecule has 0 radical (unpaired) electrons. The maximum Gasteiger partial charge on any atom is 0.276 e. The SMILES string of the molecule is O=S(=O)(N/N=C\c1cccc(Cl)c1Cl)c1ccccc1. The second kappa shape index (κ2) is 6.26. The molecule has 1 N–H and O–H groups in total. The summed E-state index contributed by atoms with van der Waals surface area (Å²) in [6.45, 7) is 0. The molecule has 4 nitrogen and oxygen atoms in total. The van der Waals surface area contributed by atoms with E-state index in [4.69, 9.17) is 23.2 Å². The van der Waals surface area contributed by atoms with Gasteiger partial charge in [-0.2, -0.15) is 13.5 Å². The molecule has 0 aliphatic rings. The standard InChI is InChI=1S/C13H10Cl2N2O2S/c14-12-8-4-5-10(13(12)15)9-16-17-20(18,19)11-6-2-1-3-7-11/h1-9,17H/b16-9-. The molecule has 0 aromatic heterocycles. The number of hydrogen-bond donors (Lipinski definition) is 1. The first kappa shape index (κ1) is 14.8. The minimum Gasteiger partial charge on any atom is -0.200 e. The molecule has 0 heterocycles. The number of sulfonamides is 1. The van der Waals surface area contributed by atoms with E-state index in [-0.39, 0.29) is 4.90 Å². The number of hydrogen-bond acceptors (Lipinski definition) is 3. The second-order valence-electron chi connectivity index (χ2n) is 3.81. The minimum atomic E-state index is -3.68. The van der Waals surface area contributed by atoms with Crippen molar-refractivity contribution in [3.8, 4) is 0 Å². The third-order valence-corrected chi connectivity index (χ3v) is 4.48. The molecule has 0 fully saturated rings. The monoisotopic (exact) mass is 328 g/mol. The molecule has 0 aliphatic heterocycles. The van der Waals surface area contributed by atoms with Crippen LogP contribution in [0.2, 0.25) is 10.0 Å². The fourth-order valence-corrected chi connectivity index (χ4v) is 2.61. The number of nitrogens with zero attached hydrogens (tertiary/aromatic N) is 1. The minimum absolute atomic E-state index is 0.134. The molecule has 0 saturated heterocycles. The van der Waals surface area contributed by atoms with Crippen LogP contribution in [-0.4, -0.2) is 14.6 Å². The molecule has 0 bridgehead atoms. The lowest BCUT2D eigenvalue weighted by molar-refractivity contribution is 0.584. The lowest BCUT2D eigenvalue weighted by Crippen LogP contribution is -2.18. The summed E-state index contributed by atoms with van der Waals surface area (Å²) >= 11 is 11.8. The Labute approximate surface area is 127 Å². The van der Waals surface area contributed by atoms with Crippen LogP contribution in [0, 0.1) is 0 Å². The normalized spacial score (nSPS) is 11.7. The molecule has 2 aromatic rings. The summed E-state index contributed by atoms with van der Waals surface area (Å²) in [5.41, 5.74) is 0.523. The van der Waals surface area contributed by atoms with Gasteiger partial charge >= 0.3 is 0 Å². The number of nitrogens with one attached hydrogen (secondary N) is 1. The summed E-state index contributed by atoms with van der Waals surface area (Å²) < 4.78 is 23.8. The van der Waals surface area contributed by atoms with Crippen molar-refractivity contribution in [2.45, 2.75) is 4.90 Å². The lowest BCUT2D eigenvalue weighted by atomic mass is 10.2. The highest BCUT2D eigenvalue weighted by Crippen LogP contribution is 2.24. The van der Waals surface area contributed by atoms with Crippen molar-refractivity contribution in [1.29, 1.82) is 0 Å². The first-order valence-corrected chi connectivity index (χ1v) is 7.78. The fraction of sp³-hybridized carbons (Fsp3) is 0. The highest BCUT2D eigenvalue weighted by atomic mass is 35.5. The Morgan fingerprint density at radius 2 is 1.70 bits per heavy atom. The van der Waals surface area contributed by atoms with Crippen LogP contribution >= 0.6 is 23.2 Å². The molecule has 2 aromatic carbocycles. The van der Waals surface area contributed by atoms with Gasteiger partial charge in [0.2, 0.25) is 0 Å². The quantitative estimate of drug-likeness (QED) is 0.691. The van der Waals surface area contributed by atoms with E-state index in [1.54, 1.807) is 36.4 Å². The van der Waals surface area contributed by atoms with Crippen molar-refractivity contribution < 1.29 is 8.42 Å². The Bertz CT molecular complexity index is 731. The predicted octanol–water partition coefficient (Wildman–Crippen LogP) is 3.31. The molecule has 0 unspecified atom stereocenters. The van der Waals surface area contributed by atoms with E-state index in [1.165, 1.54) is 18.3 Å². The number of hydrazone groups is 1. The van der Waals surface area contributed by atoms with Gasteiger partial charge in [-0.05, 0) is 18.2 Å². The van der Waals surface area contributed by atoms with Crippen molar-refractivity contribution in [2.24, 2.45) is 5.10 Å². The Morgan fingerprint density at radius 1 is 1.00 bits per heavy atom. The Balaban J connectivity index is 2.16. The first-order chi connectivity index (χ1) is 9.50. The Kier molecular flexibility index (Phi) is 4.65. The fourth-order valence-electron chi connectivity index (χ4n) is 1.44. The molecule has 0 aliphatic carbocycles. The van der Waals surface area contributed by atoms with Crippen LogP contribution in [-0.2, 0) is 10.0 Å². The van der Waals surface area contributed by atoms with Crippen molar-refractivity contribution in [3.63, 3.8) is 0 Å². The highest BCUT2D eigenvalue weighted by Gasteiger charge is 2.11. The highest BCUT2D eigenvalue weighted by molar-refractivity contribution is 7.89. The summed E-state index contributed by atoms with van der Waals surface area (Å²) in [7, 11) is -3.68. The van der Waals surface area contributed by atoms with Gasteiger partial charge in [0.15, 0.2) is 0 Å². The number of benzene rings is 2. The zero-order chi connectivity index (χ0) is 14.6. The second-order valence-corrected chi connectivity index (χ2v) is 6.26. The molecule has 7 heteroatoms. The lowest BCUT2D eigenvalue weighted by Gasteiger charge is -2.03. The van der Waals surface area contributed by atoms with Crippen LogP contribution in [0.1, 0.15) is 5.56 Å². The maximum atomic E-state index is 11.9. The average Bonchev–Trinajstić information content (AvgIpc) is 2.44. The van der Waals surface area contributed by atoms with Gasteiger partial charge in [-0.1, -0.05) is 53.5 Å². The topological polar surface area (TPSA) is 58.5 Å². The van der Waals surface area contributed by atoms with Gasteiger partial charge in [0, 0.05) is 5.56 Å². The number of rotatable bonds is 4. The van der Waals surface area contributed by atoms with Crippen molar-refractivity contribution >= 4 is 39.4 Å². The third-order valence-electron chi connectivity index (χ3n) is 2.41. The summed E-state index contributed by atoms with van der Waals surface area (Å²) in [6, 6.07) is 13.0. The van der Waals surface area contributed by atoms with Crippen LogP contribution in [0.3, 0.4) is 0 Å². The average molecular weight is 329 g/mol. The summed E-state index contributed by atoms with van der Waals surface area (Å²) in [4.78, 5) is 2.24. The summed E-state index contributed by atoms with van der Waals surface area (Å²) in [5.74, 6) is 0. The molecule has 0 saturated carbocycles. The molecular formula is C13H10Cl2N2O2S. The predicted molar refractivity (Wildman–Crippen MR) is 80.8 cm³/mol. The van der Waals surface area contributed by atoms with E-state index < -0.39 is 10.0 Å². The molecule has 2 rings (SSSR count). The third kappa shape index (κ3) is 3.50. The van der Waals surface area contributed by atoms with E-state index >= 15 is 0 Å². The van der Waals surface area contributed by atoms with Gasteiger partial charge in [-0.25, -0.2) is 4.83 Å². The van der Waals surface area contributed by atoms with E-state index in [0.29, 0.717) is 15.6 Å². The largest absolute Gasteiger partial charge is 0.276 e. The van der Waals surface area contributed by atoms with Crippen LogP contribution in [0.25, 0.3) is 0 Å². The van der Waals surface area contributed by atoms with Crippen molar-refractivity contribution in [1.82, 2.24) is 4.83 Å². The summed E-state index contributed by atoms with van der Waals surface area (Å²) in [5, 5.41) is 4.38. The zero-order valence-corrected chi connectivity index (χ0v) is 12.5. The Morgan fingerprint density at radius 3 is 2.40 bits per heavy atom. The van der Waals surface area contributed by atoms with Crippen LogP contribution in [0.5, 0.6) is 0 Å². The van der Waals surface area contributed by atoms with E-state index in [2.05, 4.69) is 9.93 Å². The van der Waals surface area contributed by atoms with Crippen molar-refractivity contribution in [2.75, 3.05) is 0 Å². The first-order valence-electron chi connectivity index (χ1n) is 5.54. The summed E-state index contributed by atoms with van der Waals surface area (Å²) in [6.07, 6.45) is 1.30. The van der Waals surface area contributed by atoms with Gasteiger partial charge in [0.25, 0.3) is 10.0 Å². The van der Waals surface area contributed by atoms with Gasteiger partial charge in [0.1, 0.15) is 0 Å². The molecule has 20 heavy (non-hydrogen) atoms. The molecule has 0 spiro atoms. The van der Waals surface area contributed by atoms with Gasteiger partial charge in [-0.15, -0.1) is 0 Å². The molecule has 0 amide bonds. The zero-order valence-electron chi connectivity index (χ0n) is 10.1.